The first-order valence-electron chi connectivity index (χ1n) is 14.7. The van der Waals surface area contributed by atoms with Crippen LogP contribution in [0.3, 0.4) is 0 Å². The van der Waals surface area contributed by atoms with E-state index in [-0.39, 0.29) is 12.5 Å². The number of aromatic nitrogens is 3. The van der Waals surface area contributed by atoms with Crippen LogP contribution in [0.15, 0.2) is 60.8 Å². The van der Waals surface area contributed by atoms with Crippen LogP contribution in [0.5, 0.6) is 0 Å². The molecule has 0 aliphatic carbocycles. The number of nitrogens with zero attached hydrogens (tertiary/aromatic N) is 6. The van der Waals surface area contributed by atoms with Crippen molar-refractivity contribution in [1.29, 1.82) is 0 Å². The molecular weight excluding hydrogens is 562 g/mol. The van der Waals surface area contributed by atoms with Gasteiger partial charge in [0, 0.05) is 50.9 Å². The zero-order valence-corrected chi connectivity index (χ0v) is 25.8. The van der Waals surface area contributed by atoms with E-state index in [1.54, 1.807) is 18.3 Å². The SMILES string of the molecule is C[C@@H]1C[C@H](C)CN(c2cccc(-c3ccc4cnc(CNC(=O)c5ccc6c(c5)N(S(=O)(=O)N(C)C)CC6)cc4n3)n2)C1. The number of pyridine rings is 3. The fraction of sp³-hybridized carbons (Fsp3) is 0.375. The molecule has 0 spiro atoms. The van der Waals surface area contributed by atoms with E-state index in [1.807, 2.05) is 36.4 Å². The molecule has 11 heteroatoms. The number of carbonyl (C=O) groups excluding carboxylic acids is 1. The van der Waals surface area contributed by atoms with Crippen molar-refractivity contribution in [1.82, 2.24) is 24.6 Å². The summed E-state index contributed by atoms with van der Waals surface area (Å²) in [7, 11) is -0.629. The Labute approximate surface area is 253 Å². The van der Waals surface area contributed by atoms with Crippen molar-refractivity contribution in [3.8, 4) is 11.4 Å². The monoisotopic (exact) mass is 599 g/mol. The summed E-state index contributed by atoms with van der Waals surface area (Å²) in [6.45, 7) is 7.16. The van der Waals surface area contributed by atoms with Gasteiger partial charge in [-0.25, -0.2) is 9.97 Å². The van der Waals surface area contributed by atoms with Gasteiger partial charge in [-0.1, -0.05) is 26.0 Å². The number of benzene rings is 1. The Morgan fingerprint density at radius 3 is 2.53 bits per heavy atom. The fourth-order valence-electron chi connectivity index (χ4n) is 6.09. The van der Waals surface area contributed by atoms with Gasteiger partial charge in [0.2, 0.25) is 0 Å². The van der Waals surface area contributed by atoms with E-state index in [2.05, 4.69) is 35.1 Å². The Hall–Kier alpha value is -4.09. The van der Waals surface area contributed by atoms with Gasteiger partial charge < -0.3 is 10.2 Å². The van der Waals surface area contributed by atoms with Crippen LogP contribution in [-0.2, 0) is 23.2 Å². The average molecular weight is 600 g/mol. The lowest BCUT2D eigenvalue weighted by molar-refractivity contribution is 0.0950. The summed E-state index contributed by atoms with van der Waals surface area (Å²) >= 11 is 0. The smallest absolute Gasteiger partial charge is 0.303 e. The molecule has 0 radical (unpaired) electrons. The first kappa shape index (κ1) is 29.0. The van der Waals surface area contributed by atoms with Crippen LogP contribution in [0.1, 0.15) is 41.9 Å². The van der Waals surface area contributed by atoms with Crippen molar-refractivity contribution in [2.45, 2.75) is 33.2 Å². The molecule has 1 fully saturated rings. The highest BCUT2D eigenvalue weighted by Crippen LogP contribution is 2.32. The Balaban J connectivity index is 1.18. The average Bonchev–Trinajstić information content (AvgIpc) is 3.43. The molecule has 6 rings (SSSR count). The van der Waals surface area contributed by atoms with Gasteiger partial charge in [-0.2, -0.15) is 12.7 Å². The molecule has 1 N–H and O–H groups in total. The third kappa shape index (κ3) is 5.92. The van der Waals surface area contributed by atoms with Crippen molar-refractivity contribution >= 4 is 38.5 Å². The maximum absolute atomic E-state index is 13.1. The van der Waals surface area contributed by atoms with E-state index < -0.39 is 10.2 Å². The number of rotatable bonds is 7. The van der Waals surface area contributed by atoms with E-state index in [0.717, 1.165) is 46.8 Å². The molecule has 2 aliphatic heterocycles. The summed E-state index contributed by atoms with van der Waals surface area (Å²) in [5, 5.41) is 3.82. The molecular formula is C32H37N7O3S. The lowest BCUT2D eigenvalue weighted by Crippen LogP contribution is -2.39. The predicted octanol–water partition coefficient (Wildman–Crippen LogP) is 4.27. The molecule has 0 unspecified atom stereocenters. The van der Waals surface area contributed by atoms with Gasteiger partial charge in [-0.3, -0.25) is 14.1 Å². The lowest BCUT2D eigenvalue weighted by Gasteiger charge is -2.35. The minimum Gasteiger partial charge on any atom is -0.356 e. The minimum absolute atomic E-state index is 0.205. The molecule has 1 aromatic carbocycles. The molecule has 0 bridgehead atoms. The van der Waals surface area contributed by atoms with E-state index >= 15 is 0 Å². The summed E-state index contributed by atoms with van der Waals surface area (Å²) in [5.41, 5.74) is 4.88. The highest BCUT2D eigenvalue weighted by atomic mass is 32.2. The van der Waals surface area contributed by atoms with Gasteiger partial charge in [0.1, 0.15) is 5.82 Å². The summed E-state index contributed by atoms with van der Waals surface area (Å²) < 4.78 is 28.0. The molecule has 2 aliphatic rings. The highest BCUT2D eigenvalue weighted by Gasteiger charge is 2.31. The quantitative estimate of drug-likeness (QED) is 0.338. The Morgan fingerprint density at radius 1 is 1.00 bits per heavy atom. The van der Waals surface area contributed by atoms with Gasteiger partial charge in [0.05, 0.1) is 34.8 Å². The molecule has 1 amide bonds. The van der Waals surface area contributed by atoms with Gasteiger partial charge in [0.15, 0.2) is 0 Å². The van der Waals surface area contributed by atoms with E-state index in [0.29, 0.717) is 41.7 Å². The Kier molecular flexibility index (Phi) is 7.78. The molecule has 10 nitrogen and oxygen atoms in total. The van der Waals surface area contributed by atoms with Crippen molar-refractivity contribution in [2.24, 2.45) is 11.8 Å². The van der Waals surface area contributed by atoms with Gasteiger partial charge in [0.25, 0.3) is 5.91 Å². The second kappa shape index (κ2) is 11.5. The van der Waals surface area contributed by atoms with Gasteiger partial charge >= 0.3 is 10.2 Å². The first-order valence-corrected chi connectivity index (χ1v) is 16.1. The summed E-state index contributed by atoms with van der Waals surface area (Å²) in [4.78, 5) is 29.8. The second-order valence-corrected chi connectivity index (χ2v) is 14.0. The van der Waals surface area contributed by atoms with Crippen molar-refractivity contribution in [3.05, 3.63) is 77.6 Å². The van der Waals surface area contributed by atoms with Crippen LogP contribution < -0.4 is 14.5 Å². The Morgan fingerprint density at radius 2 is 1.77 bits per heavy atom. The predicted molar refractivity (Wildman–Crippen MR) is 169 cm³/mol. The minimum atomic E-state index is -3.63. The number of hydrogen-bond donors (Lipinski definition) is 1. The Bertz CT molecular complexity index is 1780. The molecule has 43 heavy (non-hydrogen) atoms. The topological polar surface area (TPSA) is 112 Å². The first-order chi connectivity index (χ1) is 20.6. The third-order valence-corrected chi connectivity index (χ3v) is 10.0. The summed E-state index contributed by atoms with van der Waals surface area (Å²) in [6, 6.07) is 17.1. The summed E-state index contributed by atoms with van der Waals surface area (Å²) in [5.74, 6) is 1.94. The second-order valence-electron chi connectivity index (χ2n) is 11.9. The maximum atomic E-state index is 13.1. The largest absolute Gasteiger partial charge is 0.356 e. The van der Waals surface area contributed by atoms with E-state index in [9.17, 15) is 13.2 Å². The van der Waals surface area contributed by atoms with Crippen molar-refractivity contribution < 1.29 is 13.2 Å². The molecule has 4 aromatic rings. The van der Waals surface area contributed by atoms with Crippen LogP contribution in [0.2, 0.25) is 0 Å². The lowest BCUT2D eigenvalue weighted by atomic mass is 9.92. The normalized spacial score (nSPS) is 18.7. The number of hydrogen-bond acceptors (Lipinski definition) is 7. The fourth-order valence-corrected chi connectivity index (χ4v) is 7.22. The standard InChI is InChI=1S/C32H37N7O3S/c1-21-14-22(2)20-38(19-21)31-7-5-6-27(36-31)28-11-10-25-17-33-26(16-29(25)35-28)18-34-32(40)24-9-8-23-12-13-39(30(23)15-24)43(41,42)37(3)4/h5-11,15-17,21-22H,12-14,18-20H2,1-4H3,(H,34,40)/t21-,22+. The summed E-state index contributed by atoms with van der Waals surface area (Å²) in [6.07, 6.45) is 3.61. The third-order valence-electron chi connectivity index (χ3n) is 8.19. The number of amides is 1. The maximum Gasteiger partial charge on any atom is 0.303 e. The number of fused-ring (bicyclic) bond motifs is 2. The molecule has 2 atom stereocenters. The molecule has 3 aromatic heterocycles. The van der Waals surface area contributed by atoms with E-state index in [4.69, 9.17) is 9.97 Å². The number of carbonyl (C=O) groups is 1. The van der Waals surface area contributed by atoms with Crippen molar-refractivity contribution in [2.75, 3.05) is 42.9 Å². The van der Waals surface area contributed by atoms with Gasteiger partial charge in [-0.15, -0.1) is 0 Å². The molecule has 0 saturated carbocycles. The zero-order chi connectivity index (χ0) is 30.3. The van der Waals surface area contributed by atoms with Crippen LogP contribution in [0.25, 0.3) is 22.3 Å². The van der Waals surface area contributed by atoms with Crippen LogP contribution in [0, 0.1) is 11.8 Å². The molecule has 5 heterocycles. The number of piperidine rings is 1. The van der Waals surface area contributed by atoms with Crippen LogP contribution >= 0.6 is 0 Å². The van der Waals surface area contributed by atoms with Crippen LogP contribution in [0.4, 0.5) is 11.5 Å². The zero-order valence-electron chi connectivity index (χ0n) is 25.0. The van der Waals surface area contributed by atoms with Gasteiger partial charge in [-0.05, 0) is 72.7 Å². The van der Waals surface area contributed by atoms with Crippen molar-refractivity contribution in [3.63, 3.8) is 0 Å². The number of anilines is 2. The van der Waals surface area contributed by atoms with Crippen LogP contribution in [-0.4, -0.2) is 67.3 Å². The molecule has 224 valence electrons. The highest BCUT2D eigenvalue weighted by molar-refractivity contribution is 7.90. The molecule has 1 saturated heterocycles. The number of nitrogens with one attached hydrogen (secondary N) is 1. The van der Waals surface area contributed by atoms with E-state index in [1.165, 1.54) is 29.1 Å².